The Morgan fingerprint density at radius 2 is 1.67 bits per heavy atom. The molecular formula is C13H11Cl3N2O2S. The van der Waals surface area contributed by atoms with Crippen LogP contribution in [0, 0.1) is 0 Å². The van der Waals surface area contributed by atoms with Crippen LogP contribution in [0.4, 0.5) is 5.69 Å². The third kappa shape index (κ3) is 3.81. The van der Waals surface area contributed by atoms with Crippen LogP contribution >= 0.6 is 34.8 Å². The maximum absolute atomic E-state index is 12.3. The van der Waals surface area contributed by atoms with Crippen molar-refractivity contribution in [2.45, 2.75) is 11.4 Å². The lowest BCUT2D eigenvalue weighted by atomic mass is 10.2. The van der Waals surface area contributed by atoms with Gasteiger partial charge in [0.05, 0.1) is 20.6 Å². The molecule has 0 aliphatic heterocycles. The lowest BCUT2D eigenvalue weighted by molar-refractivity contribution is 0.601. The second-order valence-corrected chi connectivity index (χ2v) is 7.10. The monoisotopic (exact) mass is 364 g/mol. The molecule has 0 atom stereocenters. The van der Waals surface area contributed by atoms with Crippen molar-refractivity contribution in [3.8, 4) is 0 Å². The molecule has 0 saturated heterocycles. The molecule has 0 unspecified atom stereocenters. The van der Waals surface area contributed by atoms with Gasteiger partial charge in [0.15, 0.2) is 0 Å². The highest BCUT2D eigenvalue weighted by molar-refractivity contribution is 7.92. The van der Waals surface area contributed by atoms with Crippen molar-refractivity contribution >= 4 is 50.5 Å². The Hall–Kier alpha value is -0.980. The largest absolute Gasteiger partial charge is 0.326 e. The standard InChI is InChI=1S/C13H11Cl3N2O2S/c14-11-4-2-9(5-13(11)16)18-21(19,20)10-3-1-8(7-17)12(15)6-10/h1-6,18H,7,17H2. The number of nitrogens with one attached hydrogen (secondary N) is 1. The molecular weight excluding hydrogens is 355 g/mol. The quantitative estimate of drug-likeness (QED) is 0.863. The first kappa shape index (κ1) is 16.4. The topological polar surface area (TPSA) is 72.2 Å². The van der Waals surface area contributed by atoms with Gasteiger partial charge in [-0.05, 0) is 35.9 Å². The molecule has 2 rings (SSSR count). The van der Waals surface area contributed by atoms with Crippen LogP contribution in [0.1, 0.15) is 5.56 Å². The van der Waals surface area contributed by atoms with E-state index in [4.69, 9.17) is 40.5 Å². The van der Waals surface area contributed by atoms with E-state index in [9.17, 15) is 8.42 Å². The van der Waals surface area contributed by atoms with Crippen LogP contribution in [-0.2, 0) is 16.6 Å². The van der Waals surface area contributed by atoms with E-state index in [-0.39, 0.29) is 16.5 Å². The average Bonchev–Trinajstić information content (AvgIpc) is 2.42. The van der Waals surface area contributed by atoms with Gasteiger partial charge >= 0.3 is 0 Å². The summed E-state index contributed by atoms with van der Waals surface area (Å²) >= 11 is 17.6. The first-order chi connectivity index (χ1) is 9.83. The minimum atomic E-state index is -3.77. The zero-order valence-electron chi connectivity index (χ0n) is 10.6. The Labute approximate surface area is 137 Å². The zero-order chi connectivity index (χ0) is 15.6. The number of hydrogen-bond donors (Lipinski definition) is 2. The van der Waals surface area contributed by atoms with E-state index in [1.807, 2.05) is 0 Å². The van der Waals surface area contributed by atoms with Gasteiger partial charge in [0.2, 0.25) is 0 Å². The molecule has 0 amide bonds. The van der Waals surface area contributed by atoms with Crippen LogP contribution < -0.4 is 10.5 Å². The molecule has 2 aromatic carbocycles. The smallest absolute Gasteiger partial charge is 0.261 e. The van der Waals surface area contributed by atoms with Crippen molar-refractivity contribution < 1.29 is 8.42 Å². The zero-order valence-corrected chi connectivity index (χ0v) is 13.7. The van der Waals surface area contributed by atoms with Gasteiger partial charge in [0.1, 0.15) is 0 Å². The number of hydrogen-bond acceptors (Lipinski definition) is 3. The molecule has 0 bridgehead atoms. The van der Waals surface area contributed by atoms with E-state index < -0.39 is 10.0 Å². The molecule has 0 fully saturated rings. The Balaban J connectivity index is 2.33. The summed E-state index contributed by atoms with van der Waals surface area (Å²) in [6, 6.07) is 8.81. The summed E-state index contributed by atoms with van der Waals surface area (Å²) in [6.07, 6.45) is 0. The minimum absolute atomic E-state index is 0.0378. The van der Waals surface area contributed by atoms with Gasteiger partial charge in [0, 0.05) is 11.6 Å². The van der Waals surface area contributed by atoms with Crippen LogP contribution in [0.3, 0.4) is 0 Å². The molecule has 4 nitrogen and oxygen atoms in total. The first-order valence-electron chi connectivity index (χ1n) is 5.80. The highest BCUT2D eigenvalue weighted by Gasteiger charge is 2.16. The van der Waals surface area contributed by atoms with Gasteiger partial charge in [-0.1, -0.05) is 40.9 Å². The fraction of sp³-hybridized carbons (Fsp3) is 0.0769. The summed E-state index contributed by atoms with van der Waals surface area (Å²) in [5.74, 6) is 0. The van der Waals surface area contributed by atoms with Crippen molar-refractivity contribution in [3.63, 3.8) is 0 Å². The van der Waals surface area contributed by atoms with Crippen molar-refractivity contribution in [3.05, 3.63) is 57.0 Å². The summed E-state index contributed by atoms with van der Waals surface area (Å²) < 4.78 is 27.0. The summed E-state index contributed by atoms with van der Waals surface area (Å²) in [5.41, 5.74) is 6.47. The van der Waals surface area contributed by atoms with Crippen LogP contribution in [0.5, 0.6) is 0 Å². The summed E-state index contributed by atoms with van der Waals surface area (Å²) in [5, 5.41) is 0.901. The molecule has 0 aliphatic carbocycles. The van der Waals surface area contributed by atoms with Gasteiger partial charge in [-0.2, -0.15) is 0 Å². The Morgan fingerprint density at radius 1 is 0.952 bits per heavy atom. The van der Waals surface area contributed by atoms with Gasteiger partial charge in [-0.3, -0.25) is 4.72 Å². The molecule has 112 valence electrons. The second kappa shape index (κ2) is 6.42. The molecule has 0 aliphatic rings. The fourth-order valence-electron chi connectivity index (χ4n) is 1.63. The SMILES string of the molecule is NCc1ccc(S(=O)(=O)Nc2ccc(Cl)c(Cl)c2)cc1Cl. The molecule has 3 N–H and O–H groups in total. The van der Waals surface area contributed by atoms with Crippen LogP contribution in [0.15, 0.2) is 41.3 Å². The van der Waals surface area contributed by atoms with Gasteiger partial charge in [0.25, 0.3) is 10.0 Å². The molecule has 2 aromatic rings. The number of benzene rings is 2. The third-order valence-corrected chi connectivity index (χ3v) is 5.20. The van der Waals surface area contributed by atoms with E-state index >= 15 is 0 Å². The van der Waals surface area contributed by atoms with E-state index in [1.165, 1.54) is 30.3 Å². The van der Waals surface area contributed by atoms with Crippen LogP contribution in [-0.4, -0.2) is 8.42 Å². The second-order valence-electron chi connectivity index (χ2n) is 4.19. The highest BCUT2D eigenvalue weighted by atomic mass is 35.5. The number of sulfonamides is 1. The number of anilines is 1. The van der Waals surface area contributed by atoms with E-state index in [2.05, 4.69) is 4.72 Å². The Morgan fingerprint density at radius 3 is 2.24 bits per heavy atom. The maximum Gasteiger partial charge on any atom is 0.261 e. The van der Waals surface area contributed by atoms with E-state index in [0.29, 0.717) is 21.3 Å². The lowest BCUT2D eigenvalue weighted by Crippen LogP contribution is -2.13. The minimum Gasteiger partial charge on any atom is -0.326 e. The van der Waals surface area contributed by atoms with Crippen molar-refractivity contribution in [2.24, 2.45) is 5.73 Å². The Kier molecular flexibility index (Phi) is 5.01. The normalized spacial score (nSPS) is 11.4. The van der Waals surface area contributed by atoms with Gasteiger partial charge in [-0.15, -0.1) is 0 Å². The number of halogens is 3. The summed E-state index contributed by atoms with van der Waals surface area (Å²) in [6.45, 7) is 0.235. The Bertz CT molecular complexity index is 779. The van der Waals surface area contributed by atoms with Gasteiger partial charge in [-0.25, -0.2) is 8.42 Å². The maximum atomic E-state index is 12.3. The first-order valence-corrected chi connectivity index (χ1v) is 8.41. The molecule has 0 saturated carbocycles. The lowest BCUT2D eigenvalue weighted by Gasteiger charge is -2.10. The third-order valence-electron chi connectivity index (χ3n) is 2.73. The molecule has 8 heteroatoms. The average molecular weight is 366 g/mol. The predicted octanol–water partition coefficient (Wildman–Crippen LogP) is 3.91. The highest BCUT2D eigenvalue weighted by Crippen LogP contribution is 2.27. The van der Waals surface area contributed by atoms with E-state index in [1.54, 1.807) is 6.07 Å². The summed E-state index contributed by atoms with van der Waals surface area (Å²) in [4.78, 5) is 0.0378. The molecule has 21 heavy (non-hydrogen) atoms. The summed E-state index contributed by atoms with van der Waals surface area (Å²) in [7, 11) is -3.77. The predicted molar refractivity (Wildman–Crippen MR) is 86.6 cm³/mol. The molecule has 0 radical (unpaired) electrons. The van der Waals surface area contributed by atoms with Crippen molar-refractivity contribution in [2.75, 3.05) is 4.72 Å². The van der Waals surface area contributed by atoms with Gasteiger partial charge < -0.3 is 5.73 Å². The number of nitrogens with two attached hydrogens (primary N) is 1. The van der Waals surface area contributed by atoms with Crippen molar-refractivity contribution in [1.29, 1.82) is 0 Å². The molecule has 0 spiro atoms. The van der Waals surface area contributed by atoms with Crippen molar-refractivity contribution in [1.82, 2.24) is 0 Å². The van der Waals surface area contributed by atoms with Crippen LogP contribution in [0.25, 0.3) is 0 Å². The number of rotatable bonds is 4. The van der Waals surface area contributed by atoms with E-state index in [0.717, 1.165) is 0 Å². The fourth-order valence-corrected chi connectivity index (χ4v) is 3.33. The molecule has 0 aromatic heterocycles. The van der Waals surface area contributed by atoms with Crippen LogP contribution in [0.2, 0.25) is 15.1 Å². The molecule has 0 heterocycles.